The summed E-state index contributed by atoms with van der Waals surface area (Å²) < 4.78 is 5.68. The number of rotatable bonds is 6. The summed E-state index contributed by atoms with van der Waals surface area (Å²) in [7, 11) is 0. The summed E-state index contributed by atoms with van der Waals surface area (Å²) in [5.74, 6) is 1.96. The zero-order valence-electron chi connectivity index (χ0n) is 12.8. The minimum absolute atomic E-state index is 0.342. The van der Waals surface area contributed by atoms with Crippen molar-refractivity contribution >= 4 is 0 Å². The Labute approximate surface area is 123 Å². The van der Waals surface area contributed by atoms with Crippen LogP contribution < -0.4 is 4.74 Å². The molecule has 112 valence electrons. The monoisotopic (exact) mass is 276 g/mol. The van der Waals surface area contributed by atoms with Gasteiger partial charge in [-0.3, -0.25) is 0 Å². The molecule has 0 amide bonds. The summed E-state index contributed by atoms with van der Waals surface area (Å²) in [5.41, 5.74) is 1.02. The Hall–Kier alpha value is -1.02. The van der Waals surface area contributed by atoms with Gasteiger partial charge in [-0.05, 0) is 42.4 Å². The molecule has 0 heterocycles. The number of aliphatic hydroxyl groups is 1. The predicted molar refractivity (Wildman–Crippen MR) is 82.9 cm³/mol. The highest BCUT2D eigenvalue weighted by atomic mass is 16.5. The van der Waals surface area contributed by atoms with E-state index in [0.717, 1.165) is 30.8 Å². The van der Waals surface area contributed by atoms with E-state index in [1.807, 2.05) is 24.3 Å². The van der Waals surface area contributed by atoms with Crippen LogP contribution in [0, 0.1) is 11.8 Å². The van der Waals surface area contributed by atoms with Crippen molar-refractivity contribution in [3.63, 3.8) is 0 Å². The molecule has 0 spiro atoms. The second-order valence-electron chi connectivity index (χ2n) is 5.98. The Kier molecular flexibility index (Phi) is 5.90. The lowest BCUT2D eigenvalue weighted by Crippen LogP contribution is -2.25. The van der Waals surface area contributed by atoms with Crippen molar-refractivity contribution in [2.24, 2.45) is 11.8 Å². The molecule has 1 aliphatic carbocycles. The highest BCUT2D eigenvalue weighted by Crippen LogP contribution is 2.40. The molecule has 0 saturated heterocycles. The highest BCUT2D eigenvalue weighted by Gasteiger charge is 2.30. The van der Waals surface area contributed by atoms with Crippen LogP contribution in [0.4, 0.5) is 0 Å². The van der Waals surface area contributed by atoms with Crippen LogP contribution in [0.5, 0.6) is 5.75 Å². The van der Waals surface area contributed by atoms with Gasteiger partial charge in [-0.2, -0.15) is 0 Å². The van der Waals surface area contributed by atoms with Gasteiger partial charge in [-0.25, -0.2) is 0 Å². The summed E-state index contributed by atoms with van der Waals surface area (Å²) >= 11 is 0. The lowest BCUT2D eigenvalue weighted by Gasteiger charge is -2.34. The van der Waals surface area contributed by atoms with E-state index < -0.39 is 0 Å². The van der Waals surface area contributed by atoms with E-state index in [2.05, 4.69) is 13.8 Å². The Morgan fingerprint density at radius 3 is 2.80 bits per heavy atom. The molecule has 2 nitrogen and oxygen atoms in total. The molecule has 1 aromatic rings. The number of aliphatic hydroxyl groups excluding tert-OH is 1. The first-order chi connectivity index (χ1) is 9.76. The van der Waals surface area contributed by atoms with Gasteiger partial charge >= 0.3 is 0 Å². The molecule has 1 fully saturated rings. The van der Waals surface area contributed by atoms with Crippen LogP contribution in [0.1, 0.15) is 64.0 Å². The quantitative estimate of drug-likeness (QED) is 0.814. The first-order valence-corrected chi connectivity index (χ1v) is 8.17. The summed E-state index contributed by atoms with van der Waals surface area (Å²) in [5, 5.41) is 10.7. The van der Waals surface area contributed by atoms with Crippen molar-refractivity contribution in [2.75, 3.05) is 6.61 Å². The average molecular weight is 276 g/mol. The van der Waals surface area contributed by atoms with Crippen LogP contribution >= 0.6 is 0 Å². The molecule has 0 aliphatic heterocycles. The maximum atomic E-state index is 10.7. The lowest BCUT2D eigenvalue weighted by molar-refractivity contribution is 0.0450. The molecule has 2 heteroatoms. The standard InChI is InChI=1S/C18H28O2/c1-3-12-20-16-10-7-9-15(13-16)18(19)17-11-6-5-8-14(17)4-2/h7,9-10,13-14,17-19H,3-6,8,11-12H2,1-2H3. The zero-order valence-corrected chi connectivity index (χ0v) is 12.8. The number of hydrogen-bond acceptors (Lipinski definition) is 2. The van der Waals surface area contributed by atoms with E-state index in [9.17, 15) is 5.11 Å². The predicted octanol–water partition coefficient (Wildman–Crippen LogP) is 4.73. The first-order valence-electron chi connectivity index (χ1n) is 8.17. The van der Waals surface area contributed by atoms with Crippen LogP contribution in [0.25, 0.3) is 0 Å². The molecular weight excluding hydrogens is 248 g/mol. The van der Waals surface area contributed by atoms with Crippen molar-refractivity contribution in [3.05, 3.63) is 29.8 Å². The van der Waals surface area contributed by atoms with Gasteiger partial charge < -0.3 is 9.84 Å². The maximum Gasteiger partial charge on any atom is 0.119 e. The van der Waals surface area contributed by atoms with Gasteiger partial charge in [-0.1, -0.05) is 51.7 Å². The fourth-order valence-corrected chi connectivity index (χ4v) is 3.41. The van der Waals surface area contributed by atoms with Crippen LogP contribution in [0.15, 0.2) is 24.3 Å². The summed E-state index contributed by atoms with van der Waals surface area (Å²) in [6.07, 6.45) is 6.84. The third kappa shape index (κ3) is 3.76. The average Bonchev–Trinajstić information content (AvgIpc) is 2.52. The number of ether oxygens (including phenoxy) is 1. The summed E-state index contributed by atoms with van der Waals surface area (Å²) in [6, 6.07) is 8.02. The Morgan fingerprint density at radius 1 is 1.25 bits per heavy atom. The molecule has 20 heavy (non-hydrogen) atoms. The Bertz CT molecular complexity index is 402. The highest BCUT2D eigenvalue weighted by molar-refractivity contribution is 5.30. The minimum atomic E-state index is -0.342. The van der Waals surface area contributed by atoms with Crippen LogP contribution in [-0.4, -0.2) is 11.7 Å². The molecule has 0 bridgehead atoms. The van der Waals surface area contributed by atoms with Crippen molar-refractivity contribution in [3.8, 4) is 5.75 Å². The third-order valence-corrected chi connectivity index (χ3v) is 4.57. The van der Waals surface area contributed by atoms with Gasteiger partial charge in [0.05, 0.1) is 12.7 Å². The summed E-state index contributed by atoms with van der Waals surface area (Å²) in [6.45, 7) is 5.09. The zero-order chi connectivity index (χ0) is 14.4. The summed E-state index contributed by atoms with van der Waals surface area (Å²) in [4.78, 5) is 0. The van der Waals surface area contributed by atoms with E-state index >= 15 is 0 Å². The second-order valence-corrected chi connectivity index (χ2v) is 5.98. The second kappa shape index (κ2) is 7.68. The maximum absolute atomic E-state index is 10.7. The molecule has 1 N–H and O–H groups in total. The molecule has 2 rings (SSSR count). The molecule has 0 radical (unpaired) electrons. The molecule has 0 aromatic heterocycles. The van der Waals surface area contributed by atoms with Crippen LogP contribution in [0.2, 0.25) is 0 Å². The smallest absolute Gasteiger partial charge is 0.119 e. The molecule has 3 unspecified atom stereocenters. The van der Waals surface area contributed by atoms with E-state index in [4.69, 9.17) is 4.74 Å². The number of hydrogen-bond donors (Lipinski definition) is 1. The van der Waals surface area contributed by atoms with Gasteiger partial charge in [-0.15, -0.1) is 0 Å². The lowest BCUT2D eigenvalue weighted by atomic mass is 9.73. The topological polar surface area (TPSA) is 29.5 Å². The van der Waals surface area contributed by atoms with Crippen LogP contribution in [0.3, 0.4) is 0 Å². The van der Waals surface area contributed by atoms with Gasteiger partial charge in [0.1, 0.15) is 5.75 Å². The first kappa shape index (κ1) is 15.4. The van der Waals surface area contributed by atoms with E-state index in [1.54, 1.807) is 0 Å². The third-order valence-electron chi connectivity index (χ3n) is 4.57. The number of benzene rings is 1. The SMILES string of the molecule is CCCOc1cccc(C(O)C2CCCCC2CC)c1. The molecular formula is C18H28O2. The van der Waals surface area contributed by atoms with Crippen LogP contribution in [-0.2, 0) is 0 Å². The van der Waals surface area contributed by atoms with Crippen molar-refractivity contribution in [2.45, 2.75) is 58.5 Å². The fourth-order valence-electron chi connectivity index (χ4n) is 3.41. The normalized spacial score (nSPS) is 24.4. The van der Waals surface area contributed by atoms with Gasteiger partial charge in [0, 0.05) is 0 Å². The van der Waals surface area contributed by atoms with Gasteiger partial charge in [0.2, 0.25) is 0 Å². The van der Waals surface area contributed by atoms with E-state index in [0.29, 0.717) is 11.8 Å². The van der Waals surface area contributed by atoms with Gasteiger partial charge in [0.15, 0.2) is 0 Å². The van der Waals surface area contributed by atoms with Gasteiger partial charge in [0.25, 0.3) is 0 Å². The molecule has 3 atom stereocenters. The fraction of sp³-hybridized carbons (Fsp3) is 0.667. The Morgan fingerprint density at radius 2 is 2.05 bits per heavy atom. The largest absolute Gasteiger partial charge is 0.494 e. The molecule has 1 aliphatic rings. The minimum Gasteiger partial charge on any atom is -0.494 e. The van der Waals surface area contributed by atoms with Crippen molar-refractivity contribution in [1.29, 1.82) is 0 Å². The Balaban J connectivity index is 2.08. The van der Waals surface area contributed by atoms with E-state index in [-0.39, 0.29) is 6.10 Å². The van der Waals surface area contributed by atoms with E-state index in [1.165, 1.54) is 25.7 Å². The molecule has 1 saturated carbocycles. The van der Waals surface area contributed by atoms with Crippen molar-refractivity contribution < 1.29 is 9.84 Å². The molecule has 1 aromatic carbocycles. The van der Waals surface area contributed by atoms with Crippen molar-refractivity contribution in [1.82, 2.24) is 0 Å².